The monoisotopic (exact) mass is 875 g/mol. The molecule has 0 saturated carbocycles. The van der Waals surface area contributed by atoms with E-state index in [-0.39, 0.29) is 31.2 Å². The Morgan fingerprint density at radius 2 is 1.48 bits per heavy atom. The van der Waals surface area contributed by atoms with Crippen molar-refractivity contribution in [3.05, 3.63) is 138 Å². The molecule has 0 saturated heterocycles. The second-order valence-corrected chi connectivity index (χ2v) is 19.8. The molecule has 3 aromatic heterocycles. The molecule has 257 valence electrons. The number of aryl methyl sites for hydroxylation is 2. The first kappa shape index (κ1) is 27.9. The summed E-state index contributed by atoms with van der Waals surface area (Å²) in [5, 5.41) is 3.48. The third kappa shape index (κ3) is 8.08. The summed E-state index contributed by atoms with van der Waals surface area (Å²) in [5.41, 5.74) is 7.13. The molecule has 4 aromatic carbocycles. The molecule has 7 aromatic rings. The van der Waals surface area contributed by atoms with Crippen molar-refractivity contribution in [2.45, 2.75) is 72.8 Å². The standard InChI is InChI=1S/C27H22NS.C18H24NSi.Ir/c1-17(2)24-15-25(28-16-18(24)3)23-11-7-10-22-21-13-12-20(14-26(21)29-27(22)23)19-8-5-4-6-9-19;1-13(2)16-11-17(15-9-7-14(3)8-10-15)19-12-18(16)20(4,5)6;/h4-10,12-17H,1-3H3;7-9,11-13H,1-6H3;/q2*-1;/i3D3,17D;3D3,13D;. The number of rotatable bonds is 6. The fourth-order valence-electron chi connectivity index (χ4n) is 5.95. The minimum absolute atomic E-state index is 0. The topological polar surface area (TPSA) is 25.8 Å². The van der Waals surface area contributed by atoms with Crippen molar-refractivity contribution in [1.82, 2.24) is 9.97 Å². The van der Waals surface area contributed by atoms with Crippen LogP contribution in [0, 0.1) is 25.8 Å². The summed E-state index contributed by atoms with van der Waals surface area (Å²) >= 11 is 1.69. The number of fused-ring (bicyclic) bond motifs is 3. The first-order valence-corrected chi connectivity index (χ1v) is 20.7. The van der Waals surface area contributed by atoms with Crippen molar-refractivity contribution in [2.75, 3.05) is 0 Å². The SMILES string of the molecule is [2H]C([2H])([2H])c1c[c-]c(-c2cc(C([2H])(C)C)c([Si](C)(C)C)cn2)cc1.[2H]C([2H])([2H])c1cnc(-c2[c-]ccc3c2sc2cc(-c4ccccc4)ccc23)cc1C([2H])(C)C.[Ir]. The molecule has 0 unspecified atom stereocenters. The molecule has 0 spiro atoms. The van der Waals surface area contributed by atoms with E-state index in [1.807, 2.05) is 50.4 Å². The van der Waals surface area contributed by atoms with E-state index in [4.69, 9.17) is 11.0 Å². The largest absolute Gasteiger partial charge is 0.305 e. The van der Waals surface area contributed by atoms with Crippen molar-refractivity contribution in [2.24, 2.45) is 0 Å². The Labute approximate surface area is 328 Å². The molecule has 1 radical (unpaired) electrons. The van der Waals surface area contributed by atoms with Crippen LogP contribution in [-0.2, 0) is 20.1 Å². The van der Waals surface area contributed by atoms with E-state index in [1.165, 1.54) is 38.7 Å². The molecule has 0 amide bonds. The van der Waals surface area contributed by atoms with E-state index >= 15 is 0 Å². The minimum atomic E-state index is -2.32. The second-order valence-electron chi connectivity index (χ2n) is 13.7. The van der Waals surface area contributed by atoms with Gasteiger partial charge in [-0.25, -0.2) is 0 Å². The van der Waals surface area contributed by atoms with Gasteiger partial charge in [0.25, 0.3) is 0 Å². The van der Waals surface area contributed by atoms with Crippen LogP contribution in [0.15, 0.2) is 103 Å². The van der Waals surface area contributed by atoms with Crippen LogP contribution in [0.25, 0.3) is 53.8 Å². The van der Waals surface area contributed by atoms with E-state index in [9.17, 15) is 0 Å². The Morgan fingerprint density at radius 3 is 2.14 bits per heavy atom. The fourth-order valence-corrected chi connectivity index (χ4v) is 8.78. The fraction of sp³-hybridized carbons (Fsp3) is 0.244. The molecule has 0 aliphatic rings. The summed E-state index contributed by atoms with van der Waals surface area (Å²) in [7, 11) is -1.61. The molecule has 0 fully saturated rings. The number of hydrogen-bond donors (Lipinski definition) is 0. The van der Waals surface area contributed by atoms with Gasteiger partial charge in [-0.15, -0.1) is 59.2 Å². The van der Waals surface area contributed by atoms with Gasteiger partial charge < -0.3 is 9.97 Å². The van der Waals surface area contributed by atoms with E-state index in [1.54, 1.807) is 43.4 Å². The number of pyridine rings is 2. The van der Waals surface area contributed by atoms with E-state index in [0.29, 0.717) is 11.3 Å². The predicted octanol–water partition coefficient (Wildman–Crippen LogP) is 12.5. The average Bonchev–Trinajstić information content (AvgIpc) is 3.51. The predicted molar refractivity (Wildman–Crippen MR) is 216 cm³/mol. The van der Waals surface area contributed by atoms with Crippen LogP contribution in [0.2, 0.25) is 19.6 Å². The Hall–Kier alpha value is -3.73. The Balaban J connectivity index is 0.000000229. The van der Waals surface area contributed by atoms with Crippen LogP contribution >= 0.6 is 11.3 Å². The van der Waals surface area contributed by atoms with Crippen LogP contribution in [0.5, 0.6) is 0 Å². The number of nitrogens with zero attached hydrogens (tertiary/aromatic N) is 2. The normalized spacial score (nSPS) is 14.8. The first-order valence-electron chi connectivity index (χ1n) is 20.4. The Morgan fingerprint density at radius 1 is 0.740 bits per heavy atom. The number of hydrogen-bond acceptors (Lipinski definition) is 3. The van der Waals surface area contributed by atoms with Gasteiger partial charge in [-0.2, -0.15) is 11.3 Å². The second kappa shape index (κ2) is 15.7. The van der Waals surface area contributed by atoms with Gasteiger partial charge >= 0.3 is 0 Å². The smallest absolute Gasteiger partial charge is 0.0799 e. The zero-order chi connectivity index (χ0) is 41.7. The summed E-state index contributed by atoms with van der Waals surface area (Å²) in [6, 6.07) is 35.6. The van der Waals surface area contributed by atoms with Crippen LogP contribution in [0.3, 0.4) is 0 Å². The summed E-state index contributed by atoms with van der Waals surface area (Å²) in [5.74, 6) is -1.79. The maximum atomic E-state index is 8.52. The maximum Gasteiger partial charge on any atom is 0.0799 e. The molecule has 2 nitrogen and oxygen atoms in total. The van der Waals surface area contributed by atoms with Crippen molar-refractivity contribution in [3.8, 4) is 33.6 Å². The number of thiophene rings is 1. The molecular weight excluding hydrogens is 821 g/mol. The van der Waals surface area contributed by atoms with E-state index in [2.05, 4.69) is 78.1 Å². The van der Waals surface area contributed by atoms with Gasteiger partial charge in [-0.05, 0) is 73.6 Å². The minimum Gasteiger partial charge on any atom is -0.305 e. The molecular formula is C45H46IrN2SSi-2. The van der Waals surface area contributed by atoms with Gasteiger partial charge in [0.15, 0.2) is 0 Å². The molecule has 7 rings (SSSR count). The van der Waals surface area contributed by atoms with Crippen molar-refractivity contribution in [1.29, 1.82) is 0 Å². The summed E-state index contributed by atoms with van der Waals surface area (Å²) in [4.78, 5) is 9.07. The molecule has 0 N–H and O–H groups in total. The summed E-state index contributed by atoms with van der Waals surface area (Å²) < 4.78 is 65.2. The summed E-state index contributed by atoms with van der Waals surface area (Å²) in [6.45, 7) is 9.47. The molecule has 0 bridgehead atoms. The van der Waals surface area contributed by atoms with Gasteiger partial charge in [0.2, 0.25) is 0 Å². The van der Waals surface area contributed by atoms with Gasteiger partial charge in [0, 0.05) is 48.2 Å². The zero-order valence-corrected chi connectivity index (χ0v) is 33.7. The number of benzene rings is 4. The number of aromatic nitrogens is 2. The quantitative estimate of drug-likeness (QED) is 0.123. The van der Waals surface area contributed by atoms with Crippen molar-refractivity contribution in [3.63, 3.8) is 0 Å². The molecule has 0 aliphatic carbocycles. The molecule has 0 aliphatic heterocycles. The third-order valence-corrected chi connectivity index (χ3v) is 11.8. The average molecular weight is 875 g/mol. The molecule has 5 heteroatoms. The maximum absolute atomic E-state index is 8.52. The first-order chi connectivity index (χ1) is 26.4. The molecule has 50 heavy (non-hydrogen) atoms. The van der Waals surface area contributed by atoms with Crippen LogP contribution in [0.4, 0.5) is 0 Å². The van der Waals surface area contributed by atoms with Crippen LogP contribution in [0.1, 0.15) is 72.7 Å². The van der Waals surface area contributed by atoms with Gasteiger partial charge in [-0.3, -0.25) is 0 Å². The van der Waals surface area contributed by atoms with Gasteiger partial charge in [0.05, 0.1) is 8.07 Å². The van der Waals surface area contributed by atoms with Gasteiger partial charge in [0.1, 0.15) is 0 Å². The Bertz CT molecular complexity index is 2550. The van der Waals surface area contributed by atoms with Crippen LogP contribution < -0.4 is 5.19 Å². The molecule has 0 atom stereocenters. The summed E-state index contributed by atoms with van der Waals surface area (Å²) in [6.07, 6.45) is 3.29. The van der Waals surface area contributed by atoms with Crippen molar-refractivity contribution < 1.29 is 31.1 Å². The zero-order valence-electron chi connectivity index (χ0n) is 37.5. The van der Waals surface area contributed by atoms with Crippen molar-refractivity contribution >= 4 is 44.8 Å². The van der Waals surface area contributed by atoms with E-state index in [0.717, 1.165) is 32.5 Å². The van der Waals surface area contributed by atoms with Gasteiger partial charge in [-0.1, -0.05) is 120 Å². The van der Waals surface area contributed by atoms with Crippen LogP contribution in [-0.4, -0.2) is 18.0 Å². The van der Waals surface area contributed by atoms with E-state index < -0.39 is 33.6 Å². The third-order valence-electron chi connectivity index (χ3n) is 8.58. The molecule has 3 heterocycles. The Kier molecular flexibility index (Phi) is 8.74.